The van der Waals surface area contributed by atoms with Gasteiger partial charge in [0.1, 0.15) is 6.73 Å². The summed E-state index contributed by atoms with van der Waals surface area (Å²) in [5, 5.41) is 2.42. The van der Waals surface area contributed by atoms with Crippen molar-refractivity contribution in [3.8, 4) is 0 Å². The third kappa shape index (κ3) is 8.16. The Morgan fingerprint density at radius 1 is 1.16 bits per heavy atom. The number of nitrogens with one attached hydrogen (secondary N) is 2. The van der Waals surface area contributed by atoms with Crippen LogP contribution in [-0.2, 0) is 29.1 Å². The standard InChI is InChI=1S/C22H32N2O6S/c1-16(2)13-19(24-31(28,29)18-10-6-3-7-11-18)20(25)14-17-9-5-4-8-12-30-15-23-22(27)21(17)26/h3,6-7,10-11,16-17,19,24H,4-5,8-9,12-15H2,1-2H3,(H,23,27). The highest BCUT2D eigenvalue weighted by Gasteiger charge is 2.32. The molecule has 2 N–H and O–H groups in total. The average molecular weight is 453 g/mol. The monoisotopic (exact) mass is 452 g/mol. The van der Waals surface area contributed by atoms with E-state index in [-0.39, 0.29) is 29.7 Å². The second-order valence-corrected chi connectivity index (χ2v) is 9.97. The summed E-state index contributed by atoms with van der Waals surface area (Å²) >= 11 is 0. The third-order valence-electron chi connectivity index (χ3n) is 5.16. The van der Waals surface area contributed by atoms with Gasteiger partial charge in [-0.15, -0.1) is 0 Å². The molecule has 31 heavy (non-hydrogen) atoms. The van der Waals surface area contributed by atoms with E-state index in [0.717, 1.165) is 12.8 Å². The SMILES string of the molecule is CC(C)CC(NS(=O)(=O)c1ccccc1)C(=O)CC1CCCCCOCNC(=O)C1=O. The first kappa shape index (κ1) is 25.2. The number of Topliss-reactive ketones (excluding diaryl/α,β-unsaturated/α-hetero) is 2. The maximum atomic E-state index is 13.1. The first-order valence-corrected chi connectivity index (χ1v) is 12.2. The van der Waals surface area contributed by atoms with Gasteiger partial charge in [-0.05, 0) is 37.3 Å². The molecule has 2 unspecified atom stereocenters. The number of sulfonamides is 1. The topological polar surface area (TPSA) is 119 Å². The molecule has 172 valence electrons. The molecule has 2 rings (SSSR count). The van der Waals surface area contributed by atoms with Gasteiger partial charge in [-0.25, -0.2) is 13.1 Å². The maximum Gasteiger partial charge on any atom is 0.289 e. The quantitative estimate of drug-likeness (QED) is 0.584. The van der Waals surface area contributed by atoms with E-state index in [4.69, 9.17) is 4.74 Å². The van der Waals surface area contributed by atoms with Crippen LogP contribution in [0.2, 0.25) is 0 Å². The Morgan fingerprint density at radius 3 is 2.55 bits per heavy atom. The number of hydrogen-bond donors (Lipinski definition) is 2. The van der Waals surface area contributed by atoms with Crippen molar-refractivity contribution in [2.24, 2.45) is 11.8 Å². The molecular weight excluding hydrogens is 420 g/mol. The number of hydrogen-bond acceptors (Lipinski definition) is 6. The number of carbonyl (C=O) groups excluding carboxylic acids is 3. The second kappa shape index (κ2) is 12.1. The van der Waals surface area contributed by atoms with E-state index in [2.05, 4.69) is 10.0 Å². The van der Waals surface area contributed by atoms with Crippen LogP contribution < -0.4 is 10.0 Å². The number of carbonyl (C=O) groups is 3. The minimum Gasteiger partial charge on any atom is -0.361 e. The highest BCUT2D eigenvalue weighted by atomic mass is 32.2. The Balaban J connectivity index is 2.16. The fourth-order valence-electron chi connectivity index (χ4n) is 3.52. The Kier molecular flexibility index (Phi) is 9.80. The van der Waals surface area contributed by atoms with E-state index < -0.39 is 33.7 Å². The molecule has 0 saturated carbocycles. The van der Waals surface area contributed by atoms with Gasteiger partial charge in [0, 0.05) is 18.9 Å². The van der Waals surface area contributed by atoms with Crippen LogP contribution in [0.4, 0.5) is 0 Å². The lowest BCUT2D eigenvalue weighted by atomic mass is 9.88. The second-order valence-electron chi connectivity index (χ2n) is 8.26. The molecule has 9 heteroatoms. The fraction of sp³-hybridized carbons (Fsp3) is 0.591. The van der Waals surface area contributed by atoms with Crippen molar-refractivity contribution in [1.29, 1.82) is 0 Å². The Labute approximate surface area is 184 Å². The van der Waals surface area contributed by atoms with Crippen LogP contribution in [0.25, 0.3) is 0 Å². The number of ether oxygens (including phenoxy) is 1. The molecule has 8 nitrogen and oxygen atoms in total. The van der Waals surface area contributed by atoms with Gasteiger partial charge < -0.3 is 10.1 Å². The van der Waals surface area contributed by atoms with E-state index in [9.17, 15) is 22.8 Å². The van der Waals surface area contributed by atoms with Crippen molar-refractivity contribution in [3.05, 3.63) is 30.3 Å². The minimum atomic E-state index is -3.90. The van der Waals surface area contributed by atoms with E-state index in [1.165, 1.54) is 12.1 Å². The smallest absolute Gasteiger partial charge is 0.289 e. The van der Waals surface area contributed by atoms with Crippen LogP contribution in [0, 0.1) is 11.8 Å². The summed E-state index contributed by atoms with van der Waals surface area (Å²) in [7, 11) is -3.90. The number of rotatable bonds is 8. The minimum absolute atomic E-state index is 0.0436. The molecule has 0 radical (unpaired) electrons. The Hall–Kier alpha value is -2.10. The third-order valence-corrected chi connectivity index (χ3v) is 6.65. The molecule has 0 aliphatic carbocycles. The molecule has 1 aromatic carbocycles. The van der Waals surface area contributed by atoms with Crippen molar-refractivity contribution in [1.82, 2.24) is 10.0 Å². The molecule has 1 aliphatic heterocycles. The van der Waals surface area contributed by atoms with Gasteiger partial charge >= 0.3 is 0 Å². The molecule has 1 fully saturated rings. The molecule has 0 bridgehead atoms. The van der Waals surface area contributed by atoms with Crippen molar-refractivity contribution in [3.63, 3.8) is 0 Å². The molecule has 2 atom stereocenters. The highest BCUT2D eigenvalue weighted by molar-refractivity contribution is 7.89. The summed E-state index contributed by atoms with van der Waals surface area (Å²) in [4.78, 5) is 37.9. The first-order chi connectivity index (χ1) is 14.7. The summed E-state index contributed by atoms with van der Waals surface area (Å²) < 4.78 is 33.3. The van der Waals surface area contributed by atoms with E-state index in [1.54, 1.807) is 18.2 Å². The van der Waals surface area contributed by atoms with Crippen molar-refractivity contribution < 1.29 is 27.5 Å². The van der Waals surface area contributed by atoms with Gasteiger partial charge in [-0.3, -0.25) is 14.4 Å². The molecule has 1 heterocycles. The number of benzene rings is 1. The van der Waals surface area contributed by atoms with E-state index in [1.807, 2.05) is 13.8 Å². The molecule has 0 spiro atoms. The first-order valence-electron chi connectivity index (χ1n) is 10.7. The van der Waals surface area contributed by atoms with E-state index >= 15 is 0 Å². The largest absolute Gasteiger partial charge is 0.361 e. The van der Waals surface area contributed by atoms with Gasteiger partial charge in [0.25, 0.3) is 5.91 Å². The Morgan fingerprint density at radius 2 is 1.87 bits per heavy atom. The summed E-state index contributed by atoms with van der Waals surface area (Å²) in [6.07, 6.45) is 2.83. The Bertz CT molecular complexity index is 854. The lowest BCUT2D eigenvalue weighted by Gasteiger charge is -2.22. The van der Waals surface area contributed by atoms with Crippen molar-refractivity contribution in [2.75, 3.05) is 13.3 Å². The van der Waals surface area contributed by atoms with Crippen LogP contribution in [0.15, 0.2) is 35.2 Å². The van der Waals surface area contributed by atoms with Gasteiger partial charge in [0.2, 0.25) is 15.8 Å². The summed E-state index contributed by atoms with van der Waals surface area (Å²) in [5.74, 6) is -2.54. The van der Waals surface area contributed by atoms with Crippen LogP contribution in [-0.4, -0.2) is 45.3 Å². The number of amides is 1. The van der Waals surface area contributed by atoms with Crippen LogP contribution in [0.3, 0.4) is 0 Å². The fourth-order valence-corrected chi connectivity index (χ4v) is 4.77. The van der Waals surface area contributed by atoms with Crippen molar-refractivity contribution in [2.45, 2.75) is 63.3 Å². The summed E-state index contributed by atoms with van der Waals surface area (Å²) in [5.41, 5.74) is 0. The average Bonchev–Trinajstić information content (AvgIpc) is 2.76. The molecule has 1 aliphatic rings. The van der Waals surface area contributed by atoms with Gasteiger partial charge in [0.05, 0.1) is 10.9 Å². The van der Waals surface area contributed by atoms with Crippen LogP contribution in [0.5, 0.6) is 0 Å². The molecule has 1 saturated heterocycles. The summed E-state index contributed by atoms with van der Waals surface area (Å²) in [6.45, 7) is 4.24. The predicted molar refractivity (Wildman–Crippen MR) is 116 cm³/mol. The zero-order valence-corrected chi connectivity index (χ0v) is 18.9. The molecule has 1 aromatic rings. The molecule has 0 aromatic heterocycles. The highest BCUT2D eigenvalue weighted by Crippen LogP contribution is 2.20. The van der Waals surface area contributed by atoms with Crippen molar-refractivity contribution >= 4 is 27.5 Å². The van der Waals surface area contributed by atoms with Gasteiger partial charge in [0.15, 0.2) is 5.78 Å². The normalized spacial score (nSPS) is 20.0. The van der Waals surface area contributed by atoms with E-state index in [0.29, 0.717) is 25.9 Å². The zero-order chi connectivity index (χ0) is 22.9. The van der Waals surface area contributed by atoms with Crippen LogP contribution >= 0.6 is 0 Å². The summed E-state index contributed by atoms with van der Waals surface area (Å²) in [6, 6.07) is 6.87. The van der Waals surface area contributed by atoms with Gasteiger partial charge in [-0.2, -0.15) is 0 Å². The molecular formula is C22H32N2O6S. The number of ketones is 2. The maximum absolute atomic E-state index is 13.1. The lowest BCUT2D eigenvalue weighted by Crippen LogP contribution is -2.44. The van der Waals surface area contributed by atoms with Gasteiger partial charge in [-0.1, -0.05) is 44.9 Å². The lowest BCUT2D eigenvalue weighted by molar-refractivity contribution is -0.142. The van der Waals surface area contributed by atoms with Crippen LogP contribution in [0.1, 0.15) is 52.4 Å². The predicted octanol–water partition coefficient (Wildman–Crippen LogP) is 2.19. The zero-order valence-electron chi connectivity index (χ0n) is 18.1. The molecule has 1 amide bonds.